The average Bonchev–Trinajstić information content (AvgIpc) is 2.92. The Morgan fingerprint density at radius 3 is 2.72 bits per heavy atom. The van der Waals surface area contributed by atoms with E-state index in [1.54, 1.807) is 17.4 Å². The molecule has 2 aromatic rings. The highest BCUT2D eigenvalue weighted by molar-refractivity contribution is 7.93. The molecule has 2 heterocycles. The Kier molecular flexibility index (Phi) is 5.17. The molecule has 3 rings (SSSR count). The topological polar surface area (TPSA) is 71.5 Å². The van der Waals surface area contributed by atoms with Gasteiger partial charge in [-0.2, -0.15) is 0 Å². The largest absolute Gasteiger partial charge is 0.611 e. The van der Waals surface area contributed by atoms with Crippen LogP contribution in [0.25, 0.3) is 10.2 Å². The van der Waals surface area contributed by atoms with Gasteiger partial charge in [-0.1, -0.05) is 0 Å². The number of rotatable bonds is 3. The van der Waals surface area contributed by atoms with E-state index in [2.05, 4.69) is 4.98 Å². The van der Waals surface area contributed by atoms with Crippen molar-refractivity contribution in [2.75, 3.05) is 13.2 Å². The number of fused-ring (bicyclic) bond motifs is 1. The number of carbonyl (C=O) groups is 1. The molecule has 0 amide bonds. The smallest absolute Gasteiger partial charge is 0.363 e. The van der Waals surface area contributed by atoms with Crippen molar-refractivity contribution in [1.29, 1.82) is 0 Å². The van der Waals surface area contributed by atoms with Crippen LogP contribution in [-0.2, 0) is 25.4 Å². The highest BCUT2D eigenvalue weighted by Gasteiger charge is 2.54. The molecule has 8 heteroatoms. The Labute approximate surface area is 155 Å². The minimum atomic E-state index is -1.52. The van der Waals surface area contributed by atoms with Gasteiger partial charge in [0.15, 0.2) is 12.7 Å². The van der Waals surface area contributed by atoms with E-state index in [0.29, 0.717) is 31.0 Å². The number of ether oxygens (including phenoxy) is 2. The van der Waals surface area contributed by atoms with Gasteiger partial charge in [0.1, 0.15) is 5.60 Å². The van der Waals surface area contributed by atoms with Crippen molar-refractivity contribution in [3.8, 4) is 0 Å². The molecule has 1 saturated heterocycles. The van der Waals surface area contributed by atoms with Gasteiger partial charge < -0.3 is 14.0 Å². The summed E-state index contributed by atoms with van der Waals surface area (Å²) in [5.41, 5.74) is 0.271. The summed E-state index contributed by atoms with van der Waals surface area (Å²) in [6, 6.07) is 5.56. The number of aromatic nitrogens is 1. The van der Waals surface area contributed by atoms with Gasteiger partial charge >= 0.3 is 5.97 Å². The lowest BCUT2D eigenvalue weighted by atomic mass is 9.99. The fraction of sp³-hybridized carbons (Fsp3) is 0.529. The van der Waals surface area contributed by atoms with Crippen molar-refractivity contribution in [3.05, 3.63) is 18.2 Å². The Bertz CT molecular complexity index is 781. The van der Waals surface area contributed by atoms with Crippen molar-refractivity contribution >= 4 is 51.5 Å². The zero-order valence-electron chi connectivity index (χ0n) is 15.0. The predicted molar refractivity (Wildman–Crippen MR) is 103 cm³/mol. The van der Waals surface area contributed by atoms with Gasteiger partial charge in [-0.3, -0.25) is 4.98 Å². The second kappa shape index (κ2) is 6.91. The van der Waals surface area contributed by atoms with Crippen LogP contribution in [0.5, 0.6) is 0 Å². The highest BCUT2D eigenvalue weighted by Crippen LogP contribution is 2.38. The molecule has 0 radical (unpaired) electrons. The molecule has 1 unspecified atom stereocenters. The standard InChI is InChI=1S/C17H22BNO4S2/c1-16(2,3)23-14(20)17(6-8-22-9-7-17)25(21)11-4-5-12-13(10-11)24-15(18)19-12/h4-5,10H,6-9,18H2,1-3H3. The minimum Gasteiger partial charge on any atom is -0.611 e. The van der Waals surface area contributed by atoms with Crippen LogP contribution in [-0.4, -0.2) is 46.9 Å². The summed E-state index contributed by atoms with van der Waals surface area (Å²) in [5, 5.41) is 0. The van der Waals surface area contributed by atoms with Gasteiger partial charge in [-0.15, -0.1) is 11.3 Å². The van der Waals surface area contributed by atoms with E-state index in [9.17, 15) is 9.35 Å². The van der Waals surface area contributed by atoms with Crippen LogP contribution in [0, 0.1) is 0 Å². The molecule has 0 saturated carbocycles. The molecule has 1 fully saturated rings. The molecule has 0 spiro atoms. The summed E-state index contributed by atoms with van der Waals surface area (Å²) in [5.74, 6) is -0.401. The number of benzene rings is 1. The lowest BCUT2D eigenvalue weighted by Gasteiger charge is -2.37. The molecule has 1 atom stereocenters. The van der Waals surface area contributed by atoms with Crippen molar-refractivity contribution in [2.24, 2.45) is 0 Å². The molecule has 0 bridgehead atoms. The first-order valence-electron chi connectivity index (χ1n) is 8.32. The molecule has 1 aliphatic heterocycles. The van der Waals surface area contributed by atoms with Crippen LogP contribution < -0.4 is 4.91 Å². The highest BCUT2D eigenvalue weighted by atomic mass is 32.2. The molecule has 5 nitrogen and oxygen atoms in total. The van der Waals surface area contributed by atoms with Crippen LogP contribution in [0.1, 0.15) is 33.6 Å². The first kappa shape index (κ1) is 18.7. The summed E-state index contributed by atoms with van der Waals surface area (Å²) >= 11 is 0.0456. The summed E-state index contributed by atoms with van der Waals surface area (Å²) in [4.78, 5) is 19.0. The Morgan fingerprint density at radius 2 is 2.08 bits per heavy atom. The molecule has 1 aliphatic rings. The van der Waals surface area contributed by atoms with E-state index >= 15 is 0 Å². The Hall–Kier alpha value is -1.09. The molecular weight excluding hydrogens is 357 g/mol. The number of thiazole rings is 1. The Morgan fingerprint density at radius 1 is 1.40 bits per heavy atom. The van der Waals surface area contributed by atoms with Crippen LogP contribution in [0.4, 0.5) is 0 Å². The molecule has 1 aromatic carbocycles. The van der Waals surface area contributed by atoms with Crippen molar-refractivity contribution < 1.29 is 18.8 Å². The maximum atomic E-state index is 13.4. The molecule has 25 heavy (non-hydrogen) atoms. The zero-order chi connectivity index (χ0) is 18.2. The SMILES string of the molecule is Bc1nc2ccc([S+]([O-])C3(C(=O)OC(C)(C)C)CCOCC3)cc2s1. The first-order valence-corrected chi connectivity index (χ1v) is 10.3. The molecule has 0 aliphatic carbocycles. The van der Waals surface area contributed by atoms with Crippen molar-refractivity contribution in [1.82, 2.24) is 4.98 Å². The van der Waals surface area contributed by atoms with Gasteiger partial charge in [0.25, 0.3) is 0 Å². The third kappa shape index (κ3) is 3.87. The van der Waals surface area contributed by atoms with Gasteiger partial charge in [0.05, 0.1) is 23.4 Å². The first-order chi connectivity index (χ1) is 11.7. The van der Waals surface area contributed by atoms with Crippen LogP contribution in [0.2, 0.25) is 0 Å². The summed E-state index contributed by atoms with van der Waals surface area (Å²) < 4.78 is 24.4. The second-order valence-corrected chi connectivity index (χ2v) is 10.3. The van der Waals surface area contributed by atoms with E-state index in [-0.39, 0.29) is 0 Å². The molecule has 0 N–H and O–H groups in total. The number of esters is 1. The normalized spacial score (nSPS) is 18.9. The third-order valence-electron chi connectivity index (χ3n) is 4.11. The van der Waals surface area contributed by atoms with E-state index in [1.807, 2.05) is 40.8 Å². The second-order valence-electron chi connectivity index (χ2n) is 7.24. The van der Waals surface area contributed by atoms with E-state index in [1.165, 1.54) is 0 Å². The van der Waals surface area contributed by atoms with E-state index in [4.69, 9.17) is 9.47 Å². The zero-order valence-corrected chi connectivity index (χ0v) is 16.6. The van der Waals surface area contributed by atoms with Crippen molar-refractivity contribution in [2.45, 2.75) is 48.9 Å². The van der Waals surface area contributed by atoms with Crippen LogP contribution in [0.15, 0.2) is 23.1 Å². The van der Waals surface area contributed by atoms with Gasteiger partial charge in [-0.05, 0) is 32.9 Å². The van der Waals surface area contributed by atoms with Crippen LogP contribution in [0.3, 0.4) is 0 Å². The van der Waals surface area contributed by atoms with E-state index in [0.717, 1.165) is 15.1 Å². The fourth-order valence-electron chi connectivity index (χ4n) is 2.90. The number of hydrogen-bond donors (Lipinski definition) is 0. The maximum Gasteiger partial charge on any atom is 0.363 e. The fourth-order valence-corrected chi connectivity index (χ4v) is 5.44. The van der Waals surface area contributed by atoms with E-state index < -0.39 is 27.5 Å². The molecule has 134 valence electrons. The lowest BCUT2D eigenvalue weighted by Crippen LogP contribution is -2.53. The maximum absolute atomic E-state index is 13.4. The molecular formula is C17H22BNO4S2. The monoisotopic (exact) mass is 379 g/mol. The number of carbonyl (C=O) groups excluding carboxylic acids is 1. The predicted octanol–water partition coefficient (Wildman–Crippen LogP) is 1.55. The summed E-state index contributed by atoms with van der Waals surface area (Å²) in [6.45, 7) is 6.30. The lowest BCUT2D eigenvalue weighted by molar-refractivity contribution is -0.160. The Balaban J connectivity index is 1.97. The third-order valence-corrected chi connectivity index (χ3v) is 7.01. The average molecular weight is 379 g/mol. The number of hydrogen-bond acceptors (Lipinski definition) is 6. The van der Waals surface area contributed by atoms with Gasteiger partial charge in [0, 0.05) is 35.0 Å². The number of nitrogens with zero attached hydrogens (tertiary/aromatic N) is 1. The molecule has 1 aromatic heterocycles. The van der Waals surface area contributed by atoms with Crippen LogP contribution >= 0.6 is 11.3 Å². The van der Waals surface area contributed by atoms with Crippen molar-refractivity contribution in [3.63, 3.8) is 0 Å². The van der Waals surface area contributed by atoms with Gasteiger partial charge in [-0.25, -0.2) is 4.79 Å². The summed E-state index contributed by atoms with van der Waals surface area (Å²) in [7, 11) is 1.95. The quantitative estimate of drug-likeness (QED) is 0.460. The summed E-state index contributed by atoms with van der Waals surface area (Å²) in [6.07, 6.45) is 0.794. The minimum absolute atomic E-state index is 0.397. The van der Waals surface area contributed by atoms with Gasteiger partial charge in [0.2, 0.25) is 4.75 Å².